The lowest BCUT2D eigenvalue weighted by molar-refractivity contribution is 0.00516. The minimum absolute atomic E-state index is 0.0894. The van der Waals surface area contributed by atoms with Crippen LogP contribution in [-0.2, 0) is 4.74 Å². The van der Waals surface area contributed by atoms with Gasteiger partial charge in [-0.15, -0.1) is 0 Å². The maximum absolute atomic E-state index is 5.97. The summed E-state index contributed by atoms with van der Waals surface area (Å²) < 4.78 is 11.4. The largest absolute Gasteiger partial charge is 0.493 e. The fraction of sp³-hybridized carbons (Fsp3) is 0.538. The van der Waals surface area contributed by atoms with Crippen LogP contribution in [0.5, 0.6) is 5.75 Å². The molecule has 0 aromatic heterocycles. The predicted octanol–water partition coefficient (Wildman–Crippen LogP) is 2.26. The van der Waals surface area contributed by atoms with E-state index in [4.69, 9.17) is 15.2 Å². The van der Waals surface area contributed by atoms with Crippen LogP contribution in [0.1, 0.15) is 31.4 Å². The highest BCUT2D eigenvalue weighted by molar-refractivity contribution is 5.35. The number of benzene rings is 1. The molecule has 0 saturated carbocycles. The van der Waals surface area contributed by atoms with Gasteiger partial charge in [-0.2, -0.15) is 0 Å². The Hall–Kier alpha value is -1.06. The standard InChI is InChI=1S/C13H19NO2/c1-2-15-12-6-4-3-5-11(12)13-9-10(14)7-8-16-13/h3-6,10,13H,2,7-9,14H2,1H3. The van der Waals surface area contributed by atoms with E-state index in [-0.39, 0.29) is 12.1 Å². The van der Waals surface area contributed by atoms with Gasteiger partial charge >= 0.3 is 0 Å². The highest BCUT2D eigenvalue weighted by atomic mass is 16.5. The molecule has 88 valence electrons. The number of rotatable bonds is 3. The van der Waals surface area contributed by atoms with Gasteiger partial charge in [0, 0.05) is 18.2 Å². The summed E-state index contributed by atoms with van der Waals surface area (Å²) in [6.45, 7) is 3.41. The highest BCUT2D eigenvalue weighted by Crippen LogP contribution is 2.33. The summed E-state index contributed by atoms with van der Waals surface area (Å²) in [5.41, 5.74) is 7.09. The fourth-order valence-corrected chi connectivity index (χ4v) is 2.07. The van der Waals surface area contributed by atoms with Crippen LogP contribution in [0.3, 0.4) is 0 Å². The molecule has 1 fully saturated rings. The molecule has 2 unspecified atom stereocenters. The molecule has 0 amide bonds. The molecule has 0 bridgehead atoms. The minimum atomic E-state index is 0.0894. The number of ether oxygens (including phenoxy) is 2. The third-order valence-corrected chi connectivity index (χ3v) is 2.89. The van der Waals surface area contributed by atoms with Gasteiger partial charge in [0.2, 0.25) is 0 Å². The van der Waals surface area contributed by atoms with Crippen LogP contribution < -0.4 is 10.5 Å². The number of para-hydroxylation sites is 1. The molecule has 1 aromatic carbocycles. The molecule has 3 heteroatoms. The Morgan fingerprint density at radius 3 is 3.00 bits per heavy atom. The molecule has 3 nitrogen and oxygen atoms in total. The zero-order valence-corrected chi connectivity index (χ0v) is 9.69. The Kier molecular flexibility index (Phi) is 3.80. The lowest BCUT2D eigenvalue weighted by atomic mass is 9.97. The van der Waals surface area contributed by atoms with Crippen molar-refractivity contribution in [1.82, 2.24) is 0 Å². The molecule has 0 aliphatic carbocycles. The van der Waals surface area contributed by atoms with Crippen molar-refractivity contribution >= 4 is 0 Å². The summed E-state index contributed by atoms with van der Waals surface area (Å²) in [7, 11) is 0. The van der Waals surface area contributed by atoms with Crippen LogP contribution in [0.15, 0.2) is 24.3 Å². The van der Waals surface area contributed by atoms with E-state index < -0.39 is 0 Å². The molecular weight excluding hydrogens is 202 g/mol. The van der Waals surface area contributed by atoms with Gasteiger partial charge in [0.15, 0.2) is 0 Å². The first-order valence-electron chi connectivity index (χ1n) is 5.90. The van der Waals surface area contributed by atoms with Crippen LogP contribution in [-0.4, -0.2) is 19.3 Å². The second-order valence-corrected chi connectivity index (χ2v) is 4.11. The molecule has 1 heterocycles. The maximum Gasteiger partial charge on any atom is 0.125 e. The fourth-order valence-electron chi connectivity index (χ4n) is 2.07. The average molecular weight is 221 g/mol. The van der Waals surface area contributed by atoms with Gasteiger partial charge in [-0.3, -0.25) is 0 Å². The van der Waals surface area contributed by atoms with Gasteiger partial charge in [0.25, 0.3) is 0 Å². The maximum atomic E-state index is 5.97. The number of nitrogens with two attached hydrogens (primary N) is 1. The van der Waals surface area contributed by atoms with Crippen LogP contribution in [0.25, 0.3) is 0 Å². The zero-order chi connectivity index (χ0) is 11.4. The molecule has 0 radical (unpaired) electrons. The predicted molar refractivity (Wildman–Crippen MR) is 63.5 cm³/mol. The summed E-state index contributed by atoms with van der Waals surface area (Å²) in [6.07, 6.45) is 1.92. The van der Waals surface area contributed by atoms with Gasteiger partial charge in [0.1, 0.15) is 5.75 Å². The summed E-state index contributed by atoms with van der Waals surface area (Å²) in [4.78, 5) is 0. The van der Waals surface area contributed by atoms with E-state index in [1.165, 1.54) is 0 Å². The molecule has 1 aliphatic heterocycles. The highest BCUT2D eigenvalue weighted by Gasteiger charge is 2.23. The van der Waals surface area contributed by atoms with Crippen LogP contribution in [0.4, 0.5) is 0 Å². The Bertz CT molecular complexity index is 340. The number of hydrogen-bond donors (Lipinski definition) is 1. The van der Waals surface area contributed by atoms with Crippen molar-refractivity contribution < 1.29 is 9.47 Å². The van der Waals surface area contributed by atoms with E-state index >= 15 is 0 Å². The van der Waals surface area contributed by atoms with Gasteiger partial charge in [-0.05, 0) is 25.8 Å². The first-order valence-corrected chi connectivity index (χ1v) is 5.90. The summed E-state index contributed by atoms with van der Waals surface area (Å²) >= 11 is 0. The summed E-state index contributed by atoms with van der Waals surface area (Å²) in [5.74, 6) is 0.920. The van der Waals surface area contributed by atoms with Gasteiger partial charge in [-0.1, -0.05) is 18.2 Å². The Morgan fingerprint density at radius 1 is 1.44 bits per heavy atom. The zero-order valence-electron chi connectivity index (χ0n) is 9.69. The SMILES string of the molecule is CCOc1ccccc1C1CC(N)CCO1. The Morgan fingerprint density at radius 2 is 2.25 bits per heavy atom. The third kappa shape index (κ3) is 2.54. The van der Waals surface area contributed by atoms with Gasteiger partial charge in [-0.25, -0.2) is 0 Å². The summed E-state index contributed by atoms with van der Waals surface area (Å²) in [5, 5.41) is 0. The van der Waals surface area contributed by atoms with Gasteiger partial charge < -0.3 is 15.2 Å². The molecular formula is C13H19NO2. The van der Waals surface area contributed by atoms with Crippen molar-refractivity contribution in [1.29, 1.82) is 0 Å². The first kappa shape index (κ1) is 11.4. The molecule has 1 aromatic rings. The van der Waals surface area contributed by atoms with Crippen LogP contribution in [0, 0.1) is 0 Å². The van der Waals surface area contributed by atoms with Crippen molar-refractivity contribution in [3.05, 3.63) is 29.8 Å². The van der Waals surface area contributed by atoms with Crippen LogP contribution in [0.2, 0.25) is 0 Å². The van der Waals surface area contributed by atoms with Crippen molar-refractivity contribution in [2.75, 3.05) is 13.2 Å². The van der Waals surface area contributed by atoms with E-state index in [1.54, 1.807) is 0 Å². The number of hydrogen-bond acceptors (Lipinski definition) is 3. The van der Waals surface area contributed by atoms with E-state index in [2.05, 4.69) is 6.07 Å². The van der Waals surface area contributed by atoms with Crippen molar-refractivity contribution in [2.45, 2.75) is 31.9 Å². The molecule has 0 spiro atoms. The van der Waals surface area contributed by atoms with Crippen LogP contribution >= 0.6 is 0 Å². The van der Waals surface area contributed by atoms with E-state index in [0.29, 0.717) is 6.61 Å². The minimum Gasteiger partial charge on any atom is -0.493 e. The molecule has 2 rings (SSSR count). The lowest BCUT2D eigenvalue weighted by Gasteiger charge is -2.28. The molecule has 16 heavy (non-hydrogen) atoms. The second kappa shape index (κ2) is 5.32. The van der Waals surface area contributed by atoms with E-state index in [1.807, 2.05) is 25.1 Å². The summed E-state index contributed by atoms with van der Waals surface area (Å²) in [6, 6.07) is 8.29. The Balaban J connectivity index is 2.17. The smallest absolute Gasteiger partial charge is 0.125 e. The third-order valence-electron chi connectivity index (χ3n) is 2.89. The van der Waals surface area contributed by atoms with Crippen molar-refractivity contribution in [3.8, 4) is 5.75 Å². The van der Waals surface area contributed by atoms with Gasteiger partial charge in [0.05, 0.1) is 12.7 Å². The molecule has 2 atom stereocenters. The molecule has 1 saturated heterocycles. The first-order chi connectivity index (χ1) is 7.81. The quantitative estimate of drug-likeness (QED) is 0.851. The monoisotopic (exact) mass is 221 g/mol. The topological polar surface area (TPSA) is 44.5 Å². The van der Waals surface area contributed by atoms with E-state index in [9.17, 15) is 0 Å². The Labute approximate surface area is 96.5 Å². The molecule has 1 aliphatic rings. The molecule has 2 N–H and O–H groups in total. The van der Waals surface area contributed by atoms with E-state index in [0.717, 1.165) is 30.8 Å². The van der Waals surface area contributed by atoms with Crippen molar-refractivity contribution in [3.63, 3.8) is 0 Å². The second-order valence-electron chi connectivity index (χ2n) is 4.11. The lowest BCUT2D eigenvalue weighted by Crippen LogP contribution is -2.30. The van der Waals surface area contributed by atoms with Crippen molar-refractivity contribution in [2.24, 2.45) is 5.73 Å². The average Bonchev–Trinajstić information content (AvgIpc) is 2.30. The normalized spacial score (nSPS) is 25.4.